The van der Waals surface area contributed by atoms with Crippen molar-refractivity contribution in [3.8, 4) is 17.0 Å². The molecule has 0 saturated carbocycles. The van der Waals surface area contributed by atoms with Gasteiger partial charge in [-0.05, 0) is 36.2 Å². The number of aromatic nitrogens is 1. The van der Waals surface area contributed by atoms with E-state index in [9.17, 15) is 0 Å². The minimum atomic E-state index is 0.168. The topological polar surface area (TPSA) is 84.0 Å². The third kappa shape index (κ3) is 3.50. The van der Waals surface area contributed by atoms with Gasteiger partial charge in [0.15, 0.2) is 0 Å². The van der Waals surface area contributed by atoms with Crippen molar-refractivity contribution in [1.82, 2.24) is 5.16 Å². The minimum Gasteiger partial charge on any atom is -0.494 e. The summed E-state index contributed by atoms with van der Waals surface area (Å²) in [6.07, 6.45) is 0.980. The Kier molecular flexibility index (Phi) is 4.42. The first kappa shape index (κ1) is 13.0. The van der Waals surface area contributed by atoms with Crippen LogP contribution in [0.2, 0.25) is 0 Å². The normalized spacial score (nSPS) is 9.95. The summed E-state index contributed by atoms with van der Waals surface area (Å²) >= 11 is 0. The van der Waals surface area contributed by atoms with Gasteiger partial charge in [-0.3, -0.25) is 0 Å². The maximum Gasteiger partial charge on any atom is 0.143 e. The Morgan fingerprint density at radius 1 is 1.37 bits per heavy atom. The zero-order valence-corrected chi connectivity index (χ0v) is 10.6. The number of hydrogen-bond acceptors (Lipinski definition) is 4. The first-order valence-corrected chi connectivity index (χ1v) is 6.03. The molecule has 1 aromatic heterocycles. The second-order valence-electron chi connectivity index (χ2n) is 3.94. The minimum absolute atomic E-state index is 0.168. The highest BCUT2D eigenvalue weighted by Gasteiger charge is 2.06. The number of hydrogen-bond donors (Lipinski definition) is 0. The predicted octanol–water partition coefficient (Wildman–Crippen LogP) is 3.94. The van der Waals surface area contributed by atoms with Gasteiger partial charge in [-0.15, -0.1) is 0 Å². The molecule has 0 fully saturated rings. The maximum atomic E-state index is 8.24. The van der Waals surface area contributed by atoms with Crippen LogP contribution in [0.15, 0.2) is 40.0 Å². The average molecular weight is 258 g/mol. The molecule has 19 heavy (non-hydrogen) atoms. The summed E-state index contributed by atoms with van der Waals surface area (Å²) in [4.78, 5) is 2.67. The highest BCUT2D eigenvalue weighted by Crippen LogP contribution is 2.22. The largest absolute Gasteiger partial charge is 0.494 e. The molecule has 0 aliphatic carbocycles. The molecule has 0 bridgehead atoms. The van der Waals surface area contributed by atoms with E-state index in [4.69, 9.17) is 14.8 Å². The molecule has 1 heterocycles. The van der Waals surface area contributed by atoms with Crippen LogP contribution >= 0.6 is 0 Å². The highest BCUT2D eigenvalue weighted by molar-refractivity contribution is 5.59. The summed E-state index contributed by atoms with van der Waals surface area (Å²) in [6, 6.07) is 9.39. The highest BCUT2D eigenvalue weighted by atomic mass is 16.5. The Morgan fingerprint density at radius 3 is 2.84 bits per heavy atom. The molecule has 0 aliphatic rings. The Bertz CT molecular complexity index is 571. The quantitative estimate of drug-likeness (QED) is 0.447. The first-order valence-electron chi connectivity index (χ1n) is 6.03. The van der Waals surface area contributed by atoms with E-state index in [0.29, 0.717) is 18.1 Å². The molecule has 0 N–H and O–H groups in total. The lowest BCUT2D eigenvalue weighted by atomic mass is 10.1. The molecule has 98 valence electrons. The molecule has 1 aromatic carbocycles. The van der Waals surface area contributed by atoms with Crippen LogP contribution in [0.5, 0.6) is 5.75 Å². The third-order valence-electron chi connectivity index (χ3n) is 2.47. The Morgan fingerprint density at radius 2 is 2.16 bits per heavy atom. The van der Waals surface area contributed by atoms with Crippen LogP contribution in [0.25, 0.3) is 21.7 Å². The molecule has 0 amide bonds. The van der Waals surface area contributed by atoms with Gasteiger partial charge in [0.1, 0.15) is 17.2 Å². The lowest BCUT2D eigenvalue weighted by Gasteiger charge is -2.04. The van der Waals surface area contributed by atoms with Crippen molar-refractivity contribution >= 4 is 0 Å². The SMILES string of the molecule is CCCOc1ccc(-c2cc(CN=[N+]=[N-])on2)cc1. The smallest absolute Gasteiger partial charge is 0.143 e. The van der Waals surface area contributed by atoms with E-state index in [2.05, 4.69) is 22.1 Å². The van der Waals surface area contributed by atoms with Crippen molar-refractivity contribution in [2.75, 3.05) is 6.61 Å². The van der Waals surface area contributed by atoms with Crippen LogP contribution in [-0.4, -0.2) is 11.8 Å². The number of azide groups is 1. The molecule has 0 saturated heterocycles. The van der Waals surface area contributed by atoms with Crippen LogP contribution in [0.3, 0.4) is 0 Å². The monoisotopic (exact) mass is 258 g/mol. The molecule has 0 aliphatic heterocycles. The molecule has 2 aromatic rings. The Balaban J connectivity index is 2.08. The predicted molar refractivity (Wildman–Crippen MR) is 70.6 cm³/mol. The number of benzene rings is 1. The van der Waals surface area contributed by atoms with E-state index in [1.54, 1.807) is 6.07 Å². The summed E-state index contributed by atoms with van der Waals surface area (Å²) < 4.78 is 10.6. The lowest BCUT2D eigenvalue weighted by Crippen LogP contribution is -1.94. The fourth-order valence-electron chi connectivity index (χ4n) is 1.57. The molecule has 0 atom stereocenters. The molecular weight excluding hydrogens is 244 g/mol. The van der Waals surface area contributed by atoms with E-state index in [1.807, 2.05) is 24.3 Å². The van der Waals surface area contributed by atoms with E-state index >= 15 is 0 Å². The maximum absolute atomic E-state index is 8.24. The Labute approximate surface area is 110 Å². The molecular formula is C13H14N4O2. The average Bonchev–Trinajstić information content (AvgIpc) is 2.92. The van der Waals surface area contributed by atoms with Crippen molar-refractivity contribution in [2.24, 2.45) is 5.11 Å². The standard InChI is InChI=1S/C13H14N4O2/c1-2-7-18-11-5-3-10(4-6-11)13-8-12(19-16-13)9-15-17-14/h3-6,8H,2,7,9H2,1H3. The second-order valence-corrected chi connectivity index (χ2v) is 3.94. The van der Waals surface area contributed by atoms with E-state index < -0.39 is 0 Å². The zero-order chi connectivity index (χ0) is 13.5. The van der Waals surface area contributed by atoms with E-state index in [0.717, 1.165) is 17.7 Å². The van der Waals surface area contributed by atoms with Gasteiger partial charge in [-0.1, -0.05) is 17.2 Å². The Hall–Kier alpha value is -2.46. The number of nitrogens with zero attached hydrogens (tertiary/aromatic N) is 4. The third-order valence-corrected chi connectivity index (χ3v) is 2.47. The molecule has 0 unspecified atom stereocenters. The van der Waals surface area contributed by atoms with Crippen LogP contribution in [0.1, 0.15) is 19.1 Å². The van der Waals surface area contributed by atoms with Crippen molar-refractivity contribution in [3.05, 3.63) is 46.5 Å². The van der Waals surface area contributed by atoms with Crippen molar-refractivity contribution < 1.29 is 9.26 Å². The number of rotatable bonds is 6. The summed E-state index contributed by atoms with van der Waals surface area (Å²) in [7, 11) is 0. The van der Waals surface area contributed by atoms with Crippen molar-refractivity contribution in [1.29, 1.82) is 0 Å². The molecule has 2 rings (SSSR count). The van der Waals surface area contributed by atoms with Crippen LogP contribution in [0.4, 0.5) is 0 Å². The van der Waals surface area contributed by atoms with Gasteiger partial charge in [0.25, 0.3) is 0 Å². The molecule has 6 nitrogen and oxygen atoms in total. The summed E-state index contributed by atoms with van der Waals surface area (Å²) in [5.41, 5.74) is 9.88. The van der Waals surface area contributed by atoms with Gasteiger partial charge in [0.2, 0.25) is 0 Å². The zero-order valence-electron chi connectivity index (χ0n) is 10.6. The van der Waals surface area contributed by atoms with Gasteiger partial charge in [-0.25, -0.2) is 0 Å². The van der Waals surface area contributed by atoms with Crippen LogP contribution in [0, 0.1) is 0 Å². The van der Waals surface area contributed by atoms with Gasteiger partial charge in [0, 0.05) is 16.5 Å². The summed E-state index contributed by atoms with van der Waals surface area (Å²) in [5.74, 6) is 1.38. The summed E-state index contributed by atoms with van der Waals surface area (Å²) in [6.45, 7) is 2.94. The molecule has 0 spiro atoms. The van der Waals surface area contributed by atoms with E-state index in [-0.39, 0.29) is 6.54 Å². The molecule has 0 radical (unpaired) electrons. The first-order chi connectivity index (χ1) is 9.33. The van der Waals surface area contributed by atoms with Crippen molar-refractivity contribution in [3.63, 3.8) is 0 Å². The fourth-order valence-corrected chi connectivity index (χ4v) is 1.57. The van der Waals surface area contributed by atoms with Gasteiger partial charge in [-0.2, -0.15) is 0 Å². The summed E-state index contributed by atoms with van der Waals surface area (Å²) in [5, 5.41) is 7.36. The van der Waals surface area contributed by atoms with Crippen molar-refractivity contribution in [2.45, 2.75) is 19.9 Å². The number of ether oxygens (including phenoxy) is 1. The van der Waals surface area contributed by atoms with Gasteiger partial charge >= 0.3 is 0 Å². The molecule has 6 heteroatoms. The van der Waals surface area contributed by atoms with Crippen LogP contribution in [-0.2, 0) is 6.54 Å². The fraction of sp³-hybridized carbons (Fsp3) is 0.308. The van der Waals surface area contributed by atoms with Crippen LogP contribution < -0.4 is 4.74 Å². The van der Waals surface area contributed by atoms with Gasteiger partial charge < -0.3 is 9.26 Å². The van der Waals surface area contributed by atoms with E-state index in [1.165, 1.54) is 0 Å². The lowest BCUT2D eigenvalue weighted by molar-refractivity contribution is 0.317. The van der Waals surface area contributed by atoms with Gasteiger partial charge in [0.05, 0.1) is 13.2 Å². The second kappa shape index (κ2) is 6.47.